The maximum atomic E-state index is 5.93. The fourth-order valence-electron chi connectivity index (χ4n) is 1.89. The molecule has 0 atom stereocenters. The Morgan fingerprint density at radius 3 is 2.79 bits per heavy atom. The van der Waals surface area contributed by atoms with Gasteiger partial charge in [-0.15, -0.1) is 0 Å². The number of thiophene rings is 1. The van der Waals surface area contributed by atoms with E-state index in [1.165, 1.54) is 32.1 Å². The molecule has 1 saturated carbocycles. The number of nitrogens with zero attached hydrogens (tertiary/aromatic N) is 1. The van der Waals surface area contributed by atoms with Crippen LogP contribution < -0.4 is 5.73 Å². The molecule has 0 aromatic carbocycles. The topological polar surface area (TPSA) is 38.4 Å². The third-order valence-corrected chi connectivity index (χ3v) is 3.40. The summed E-state index contributed by atoms with van der Waals surface area (Å²) in [7, 11) is 0. The molecule has 1 aliphatic carbocycles. The van der Waals surface area contributed by atoms with Crippen molar-refractivity contribution in [3.8, 4) is 0 Å². The van der Waals surface area contributed by atoms with Crippen molar-refractivity contribution in [3.63, 3.8) is 0 Å². The van der Waals surface area contributed by atoms with Gasteiger partial charge in [0.2, 0.25) is 0 Å². The van der Waals surface area contributed by atoms with Crippen LogP contribution in [0.5, 0.6) is 0 Å². The van der Waals surface area contributed by atoms with Gasteiger partial charge in [0.05, 0.1) is 6.04 Å². The molecule has 1 aromatic heterocycles. The summed E-state index contributed by atoms with van der Waals surface area (Å²) in [4.78, 5) is 4.58. The second-order valence-corrected chi connectivity index (χ2v) is 4.60. The number of amidine groups is 1. The van der Waals surface area contributed by atoms with Crippen LogP contribution in [0.15, 0.2) is 21.8 Å². The van der Waals surface area contributed by atoms with Crippen LogP contribution >= 0.6 is 11.3 Å². The first-order chi connectivity index (χ1) is 6.86. The van der Waals surface area contributed by atoms with Crippen LogP contribution in [0.3, 0.4) is 0 Å². The lowest BCUT2D eigenvalue weighted by Gasteiger charge is -2.17. The molecule has 1 aromatic rings. The summed E-state index contributed by atoms with van der Waals surface area (Å²) in [5, 5.41) is 4.10. The molecule has 1 fully saturated rings. The van der Waals surface area contributed by atoms with Gasteiger partial charge in [-0.1, -0.05) is 19.3 Å². The third-order valence-electron chi connectivity index (χ3n) is 2.71. The first kappa shape index (κ1) is 9.71. The Balaban J connectivity index is 2.02. The van der Waals surface area contributed by atoms with Gasteiger partial charge in [-0.25, -0.2) is 0 Å². The van der Waals surface area contributed by atoms with Gasteiger partial charge in [0.1, 0.15) is 5.84 Å². The summed E-state index contributed by atoms with van der Waals surface area (Å²) in [5.41, 5.74) is 7.01. The number of aliphatic imine (C=N–C) groups is 1. The molecular formula is C11H16N2S. The van der Waals surface area contributed by atoms with Gasteiger partial charge in [0, 0.05) is 10.9 Å². The summed E-state index contributed by atoms with van der Waals surface area (Å²) in [6.07, 6.45) is 6.41. The minimum atomic E-state index is 0.476. The lowest BCUT2D eigenvalue weighted by Crippen LogP contribution is -2.19. The zero-order valence-corrected chi connectivity index (χ0v) is 9.09. The maximum Gasteiger partial charge on any atom is 0.126 e. The Bertz CT molecular complexity index is 297. The maximum absolute atomic E-state index is 5.93. The van der Waals surface area contributed by atoms with E-state index >= 15 is 0 Å². The van der Waals surface area contributed by atoms with Crippen LogP contribution in [0.2, 0.25) is 0 Å². The molecule has 2 nitrogen and oxygen atoms in total. The Morgan fingerprint density at radius 2 is 2.14 bits per heavy atom. The molecule has 76 valence electrons. The minimum Gasteiger partial charge on any atom is -0.383 e. The number of nitrogens with two attached hydrogens (primary N) is 1. The average molecular weight is 208 g/mol. The molecule has 0 unspecified atom stereocenters. The molecule has 2 N–H and O–H groups in total. The molecule has 0 amide bonds. The van der Waals surface area contributed by atoms with E-state index in [0.29, 0.717) is 6.04 Å². The number of rotatable bonds is 2. The van der Waals surface area contributed by atoms with E-state index in [4.69, 9.17) is 5.73 Å². The number of hydrogen-bond donors (Lipinski definition) is 1. The third kappa shape index (κ3) is 2.35. The Kier molecular flexibility index (Phi) is 3.19. The van der Waals surface area contributed by atoms with Crippen molar-refractivity contribution < 1.29 is 0 Å². The lowest BCUT2D eigenvalue weighted by atomic mass is 9.96. The van der Waals surface area contributed by atoms with E-state index < -0.39 is 0 Å². The van der Waals surface area contributed by atoms with E-state index in [0.717, 1.165) is 11.4 Å². The van der Waals surface area contributed by atoms with Crippen molar-refractivity contribution in [2.24, 2.45) is 10.7 Å². The smallest absolute Gasteiger partial charge is 0.126 e. The van der Waals surface area contributed by atoms with Gasteiger partial charge in [-0.3, -0.25) is 4.99 Å². The lowest BCUT2D eigenvalue weighted by molar-refractivity contribution is 0.443. The predicted molar refractivity (Wildman–Crippen MR) is 61.9 cm³/mol. The van der Waals surface area contributed by atoms with Crippen LogP contribution in [0.25, 0.3) is 0 Å². The van der Waals surface area contributed by atoms with Crippen molar-refractivity contribution in [1.82, 2.24) is 0 Å². The minimum absolute atomic E-state index is 0.476. The van der Waals surface area contributed by atoms with E-state index in [-0.39, 0.29) is 0 Å². The average Bonchev–Trinajstić information content (AvgIpc) is 2.72. The summed E-state index contributed by atoms with van der Waals surface area (Å²) < 4.78 is 0. The molecular weight excluding hydrogens is 192 g/mol. The van der Waals surface area contributed by atoms with Crippen LogP contribution in [-0.2, 0) is 0 Å². The Morgan fingerprint density at radius 1 is 1.36 bits per heavy atom. The van der Waals surface area contributed by atoms with Crippen LogP contribution in [-0.4, -0.2) is 11.9 Å². The Hall–Kier alpha value is -0.830. The molecule has 0 radical (unpaired) electrons. The first-order valence-electron chi connectivity index (χ1n) is 5.22. The normalized spacial score (nSPS) is 19.9. The quantitative estimate of drug-likeness (QED) is 0.589. The van der Waals surface area contributed by atoms with Gasteiger partial charge in [-0.05, 0) is 24.3 Å². The first-order valence-corrected chi connectivity index (χ1v) is 6.16. The molecule has 0 bridgehead atoms. The van der Waals surface area contributed by atoms with Gasteiger partial charge in [0.25, 0.3) is 0 Å². The van der Waals surface area contributed by atoms with Gasteiger partial charge < -0.3 is 5.73 Å². The van der Waals surface area contributed by atoms with E-state index in [2.05, 4.69) is 10.4 Å². The second kappa shape index (κ2) is 4.60. The van der Waals surface area contributed by atoms with Gasteiger partial charge in [0.15, 0.2) is 0 Å². The van der Waals surface area contributed by atoms with Crippen molar-refractivity contribution >= 4 is 17.2 Å². The van der Waals surface area contributed by atoms with E-state index in [9.17, 15) is 0 Å². The van der Waals surface area contributed by atoms with Gasteiger partial charge in [-0.2, -0.15) is 11.3 Å². The highest BCUT2D eigenvalue weighted by molar-refractivity contribution is 7.08. The second-order valence-electron chi connectivity index (χ2n) is 3.82. The fourth-order valence-corrected chi connectivity index (χ4v) is 2.54. The summed E-state index contributed by atoms with van der Waals surface area (Å²) in [5.74, 6) is 0.721. The number of hydrogen-bond acceptors (Lipinski definition) is 2. The van der Waals surface area contributed by atoms with Crippen LogP contribution in [0.1, 0.15) is 37.7 Å². The largest absolute Gasteiger partial charge is 0.383 e. The SMILES string of the molecule is NC(=NC1CCCCC1)c1ccsc1. The molecule has 0 spiro atoms. The summed E-state index contributed by atoms with van der Waals surface area (Å²) in [6.45, 7) is 0. The highest BCUT2D eigenvalue weighted by Gasteiger charge is 2.12. The standard InChI is InChI=1S/C11H16N2S/c12-11(9-6-7-14-8-9)13-10-4-2-1-3-5-10/h6-8,10H,1-5H2,(H2,12,13). The summed E-state index contributed by atoms with van der Waals surface area (Å²) in [6, 6.07) is 2.51. The van der Waals surface area contributed by atoms with Crippen molar-refractivity contribution in [2.45, 2.75) is 38.1 Å². The van der Waals surface area contributed by atoms with Crippen LogP contribution in [0, 0.1) is 0 Å². The molecule has 0 saturated heterocycles. The Labute approximate surface area is 88.9 Å². The monoisotopic (exact) mass is 208 g/mol. The van der Waals surface area contributed by atoms with E-state index in [1.54, 1.807) is 11.3 Å². The van der Waals surface area contributed by atoms with Crippen LogP contribution in [0.4, 0.5) is 0 Å². The molecule has 1 aliphatic rings. The zero-order chi connectivity index (χ0) is 9.80. The summed E-state index contributed by atoms with van der Waals surface area (Å²) >= 11 is 1.67. The highest BCUT2D eigenvalue weighted by Crippen LogP contribution is 2.20. The molecule has 3 heteroatoms. The van der Waals surface area contributed by atoms with Crippen molar-refractivity contribution in [3.05, 3.63) is 22.4 Å². The van der Waals surface area contributed by atoms with Crippen molar-refractivity contribution in [1.29, 1.82) is 0 Å². The molecule has 2 rings (SSSR count). The molecule has 0 aliphatic heterocycles. The van der Waals surface area contributed by atoms with Gasteiger partial charge >= 0.3 is 0 Å². The predicted octanol–water partition coefficient (Wildman–Crippen LogP) is 2.79. The van der Waals surface area contributed by atoms with E-state index in [1.807, 2.05) is 11.4 Å². The molecule has 1 heterocycles. The van der Waals surface area contributed by atoms with Crippen molar-refractivity contribution in [2.75, 3.05) is 0 Å². The zero-order valence-electron chi connectivity index (χ0n) is 8.28. The highest BCUT2D eigenvalue weighted by atomic mass is 32.1. The fraction of sp³-hybridized carbons (Fsp3) is 0.545. The molecule has 14 heavy (non-hydrogen) atoms.